The van der Waals surface area contributed by atoms with Gasteiger partial charge in [0, 0.05) is 38.0 Å². The van der Waals surface area contributed by atoms with E-state index in [9.17, 15) is 0 Å². The third-order valence-electron chi connectivity index (χ3n) is 4.48. The van der Waals surface area contributed by atoms with Crippen LogP contribution >= 0.6 is 0 Å². The van der Waals surface area contributed by atoms with Gasteiger partial charge in [-0.1, -0.05) is 32.4 Å². The second-order valence-corrected chi connectivity index (χ2v) is 6.00. The third kappa shape index (κ3) is 3.53. The Morgan fingerprint density at radius 2 is 2.25 bits per heavy atom. The van der Waals surface area contributed by atoms with E-state index >= 15 is 0 Å². The van der Waals surface area contributed by atoms with Gasteiger partial charge in [-0.25, -0.2) is 0 Å². The number of rotatable bonds is 5. The van der Waals surface area contributed by atoms with Crippen LogP contribution in [-0.4, -0.2) is 32.3 Å². The van der Waals surface area contributed by atoms with Gasteiger partial charge >= 0.3 is 0 Å². The monoisotopic (exact) mass is 276 g/mol. The Bertz CT molecular complexity index is 421. The summed E-state index contributed by atoms with van der Waals surface area (Å²) in [4.78, 5) is 2.53. The first-order valence-corrected chi connectivity index (χ1v) is 7.73. The Kier molecular flexibility index (Phi) is 5.44. The predicted molar refractivity (Wildman–Crippen MR) is 85.2 cm³/mol. The number of anilines is 1. The van der Waals surface area contributed by atoms with E-state index in [1.54, 1.807) is 7.11 Å². The van der Waals surface area contributed by atoms with Gasteiger partial charge in [0.05, 0.1) is 6.61 Å². The molecule has 1 aliphatic heterocycles. The maximum absolute atomic E-state index is 5.24. The first-order chi connectivity index (χ1) is 9.65. The van der Waals surface area contributed by atoms with E-state index in [0.717, 1.165) is 13.1 Å². The van der Waals surface area contributed by atoms with Gasteiger partial charge in [-0.05, 0) is 30.5 Å². The molecule has 112 valence electrons. The zero-order valence-electron chi connectivity index (χ0n) is 13.2. The van der Waals surface area contributed by atoms with Gasteiger partial charge < -0.3 is 15.0 Å². The van der Waals surface area contributed by atoms with Crippen LogP contribution in [0.15, 0.2) is 24.3 Å². The normalized spacial score (nSPS) is 24.7. The maximum Gasteiger partial charge on any atom is 0.0713 e. The molecule has 1 saturated heterocycles. The van der Waals surface area contributed by atoms with Crippen LogP contribution < -0.4 is 10.2 Å². The van der Waals surface area contributed by atoms with E-state index in [0.29, 0.717) is 24.6 Å². The van der Waals surface area contributed by atoms with E-state index in [1.807, 2.05) is 0 Å². The number of piperazine rings is 1. The van der Waals surface area contributed by atoms with Crippen molar-refractivity contribution >= 4 is 5.69 Å². The van der Waals surface area contributed by atoms with Crippen LogP contribution in [0.25, 0.3) is 0 Å². The van der Waals surface area contributed by atoms with Crippen molar-refractivity contribution in [2.24, 2.45) is 5.92 Å². The van der Waals surface area contributed by atoms with Crippen LogP contribution in [0.2, 0.25) is 0 Å². The topological polar surface area (TPSA) is 24.5 Å². The number of methoxy groups -OCH3 is 1. The summed E-state index contributed by atoms with van der Waals surface area (Å²) in [6.07, 6.45) is 1.23. The van der Waals surface area contributed by atoms with Gasteiger partial charge in [0.2, 0.25) is 0 Å². The Hall–Kier alpha value is -1.06. The Labute approximate surface area is 123 Å². The third-order valence-corrected chi connectivity index (χ3v) is 4.48. The fourth-order valence-electron chi connectivity index (χ4n) is 2.91. The first kappa shape index (κ1) is 15.3. The molecule has 0 saturated carbocycles. The van der Waals surface area contributed by atoms with Gasteiger partial charge in [-0.3, -0.25) is 0 Å². The van der Waals surface area contributed by atoms with Crippen LogP contribution in [0.3, 0.4) is 0 Å². The number of nitrogens with zero attached hydrogens (tertiary/aromatic N) is 1. The molecule has 3 heteroatoms. The molecule has 0 amide bonds. The molecule has 1 N–H and O–H groups in total. The first-order valence-electron chi connectivity index (χ1n) is 7.73. The van der Waals surface area contributed by atoms with Gasteiger partial charge in [0.1, 0.15) is 0 Å². The summed E-state index contributed by atoms with van der Waals surface area (Å²) in [5.74, 6) is 0.715. The van der Waals surface area contributed by atoms with Crippen molar-refractivity contribution in [3.63, 3.8) is 0 Å². The Morgan fingerprint density at radius 1 is 1.45 bits per heavy atom. The molecule has 0 radical (unpaired) electrons. The molecule has 0 spiro atoms. The minimum absolute atomic E-state index is 0.535. The highest BCUT2D eigenvalue weighted by atomic mass is 16.5. The van der Waals surface area contributed by atoms with Crippen molar-refractivity contribution in [1.29, 1.82) is 0 Å². The summed E-state index contributed by atoms with van der Waals surface area (Å²) in [7, 11) is 1.75. The molecule has 1 fully saturated rings. The smallest absolute Gasteiger partial charge is 0.0713 e. The fourth-order valence-corrected chi connectivity index (χ4v) is 2.91. The van der Waals surface area contributed by atoms with Gasteiger partial charge in [0.25, 0.3) is 0 Å². The molecule has 0 bridgehead atoms. The van der Waals surface area contributed by atoms with Crippen LogP contribution in [-0.2, 0) is 11.3 Å². The van der Waals surface area contributed by atoms with Gasteiger partial charge in [-0.2, -0.15) is 0 Å². The number of benzene rings is 1. The molecule has 2 rings (SSSR count). The number of hydrogen-bond acceptors (Lipinski definition) is 3. The SMILES string of the molecule is CCC(C)C1CN(c2cccc(COC)c2)C(C)CN1. The molecular weight excluding hydrogens is 248 g/mol. The minimum atomic E-state index is 0.535. The van der Waals surface area contributed by atoms with Crippen LogP contribution in [0.5, 0.6) is 0 Å². The van der Waals surface area contributed by atoms with Crippen LogP contribution in [0, 0.1) is 5.92 Å². The Balaban J connectivity index is 2.14. The molecule has 1 aromatic rings. The summed E-state index contributed by atoms with van der Waals surface area (Å²) in [5, 5.41) is 3.69. The maximum atomic E-state index is 5.24. The lowest BCUT2D eigenvalue weighted by Gasteiger charge is -2.42. The van der Waals surface area contributed by atoms with E-state index in [1.165, 1.54) is 17.7 Å². The van der Waals surface area contributed by atoms with Gasteiger partial charge in [-0.15, -0.1) is 0 Å². The standard InChI is InChI=1S/C17H28N2O/c1-5-13(2)17-11-19(14(3)10-18-17)16-8-6-7-15(9-16)12-20-4/h6-9,13-14,17-18H,5,10-12H2,1-4H3. The molecule has 1 heterocycles. The summed E-state index contributed by atoms with van der Waals surface area (Å²) in [5.41, 5.74) is 2.57. The molecule has 3 nitrogen and oxygen atoms in total. The summed E-state index contributed by atoms with van der Waals surface area (Å²) < 4.78 is 5.24. The molecule has 0 aromatic heterocycles. The molecular formula is C17H28N2O. The van der Waals surface area contributed by atoms with E-state index in [4.69, 9.17) is 4.74 Å². The van der Waals surface area contributed by atoms with Crippen LogP contribution in [0.1, 0.15) is 32.8 Å². The molecule has 1 aromatic carbocycles. The summed E-state index contributed by atoms with van der Waals surface area (Å²) >= 11 is 0. The number of ether oxygens (including phenoxy) is 1. The second-order valence-electron chi connectivity index (χ2n) is 6.00. The molecule has 0 aliphatic carbocycles. The molecule has 3 unspecified atom stereocenters. The zero-order chi connectivity index (χ0) is 14.5. The average molecular weight is 276 g/mol. The van der Waals surface area contributed by atoms with Crippen molar-refractivity contribution < 1.29 is 4.74 Å². The van der Waals surface area contributed by atoms with Gasteiger partial charge in [0.15, 0.2) is 0 Å². The number of hydrogen-bond donors (Lipinski definition) is 1. The molecule has 1 aliphatic rings. The molecule has 20 heavy (non-hydrogen) atoms. The van der Waals surface area contributed by atoms with Crippen molar-refractivity contribution in [3.8, 4) is 0 Å². The largest absolute Gasteiger partial charge is 0.380 e. The Morgan fingerprint density at radius 3 is 2.95 bits per heavy atom. The van der Waals surface area contributed by atoms with Crippen LogP contribution in [0.4, 0.5) is 5.69 Å². The highest BCUT2D eigenvalue weighted by Gasteiger charge is 2.27. The van der Waals surface area contributed by atoms with Crippen molar-refractivity contribution in [2.45, 2.75) is 45.9 Å². The lowest BCUT2D eigenvalue weighted by atomic mass is 9.95. The van der Waals surface area contributed by atoms with Crippen molar-refractivity contribution in [3.05, 3.63) is 29.8 Å². The lowest BCUT2D eigenvalue weighted by Crippen LogP contribution is -2.57. The predicted octanol–water partition coefficient (Wildman–Crippen LogP) is 3.05. The highest BCUT2D eigenvalue weighted by molar-refractivity contribution is 5.50. The van der Waals surface area contributed by atoms with Crippen molar-refractivity contribution in [2.75, 3.05) is 25.1 Å². The lowest BCUT2D eigenvalue weighted by molar-refractivity contribution is 0.185. The quantitative estimate of drug-likeness (QED) is 0.894. The molecule has 3 atom stereocenters. The second kappa shape index (κ2) is 7.09. The average Bonchev–Trinajstić information content (AvgIpc) is 2.47. The minimum Gasteiger partial charge on any atom is -0.380 e. The van der Waals surface area contributed by atoms with E-state index in [2.05, 4.69) is 55.3 Å². The summed E-state index contributed by atoms with van der Waals surface area (Å²) in [6.45, 7) is 9.74. The number of nitrogens with one attached hydrogen (secondary N) is 1. The fraction of sp³-hybridized carbons (Fsp3) is 0.647. The van der Waals surface area contributed by atoms with Crippen molar-refractivity contribution in [1.82, 2.24) is 5.32 Å². The highest BCUT2D eigenvalue weighted by Crippen LogP contribution is 2.24. The summed E-state index contributed by atoms with van der Waals surface area (Å²) in [6, 6.07) is 9.87. The van der Waals surface area contributed by atoms with E-state index in [-0.39, 0.29) is 0 Å². The zero-order valence-corrected chi connectivity index (χ0v) is 13.2. The van der Waals surface area contributed by atoms with E-state index < -0.39 is 0 Å².